The molecule has 0 heterocycles. The highest BCUT2D eigenvalue weighted by molar-refractivity contribution is 5.85. The summed E-state index contributed by atoms with van der Waals surface area (Å²) < 4.78 is 19.4. The van der Waals surface area contributed by atoms with Gasteiger partial charge in [0.15, 0.2) is 0 Å². The average Bonchev–Trinajstić information content (AvgIpc) is 2.64. The van der Waals surface area contributed by atoms with Gasteiger partial charge in [-0.1, -0.05) is 44.2 Å². The maximum atomic E-state index is 13.6. The van der Waals surface area contributed by atoms with Crippen LogP contribution in [0.15, 0.2) is 48.5 Å². The van der Waals surface area contributed by atoms with Crippen molar-refractivity contribution in [3.8, 4) is 5.75 Å². The molecule has 2 aromatic carbocycles. The van der Waals surface area contributed by atoms with E-state index in [9.17, 15) is 4.39 Å². The van der Waals surface area contributed by atoms with Gasteiger partial charge in [-0.3, -0.25) is 0 Å². The molecular weight excluding hydrogens is 386 g/mol. The maximum absolute atomic E-state index is 13.6. The summed E-state index contributed by atoms with van der Waals surface area (Å²) in [5.41, 5.74) is 1.75. The Morgan fingerprint density at radius 1 is 1.00 bits per heavy atom. The van der Waals surface area contributed by atoms with Crippen LogP contribution in [0.25, 0.3) is 0 Å². The summed E-state index contributed by atoms with van der Waals surface area (Å²) >= 11 is 0. The van der Waals surface area contributed by atoms with Gasteiger partial charge in [0.2, 0.25) is 0 Å². The van der Waals surface area contributed by atoms with Gasteiger partial charge in [0.1, 0.15) is 18.2 Å². The number of hydrogen-bond donors (Lipinski definition) is 1. The van der Waals surface area contributed by atoms with Crippen molar-refractivity contribution in [1.82, 2.24) is 10.2 Å². The Kier molecular flexibility index (Phi) is 14.0. The standard InChI is InChI=1S/C21H29FN2O.2ClH/c1-3-24(4-2)14-8-13-23-16-18-9-7-11-20(15-18)25-17-19-10-5-6-12-21(19)22;;/h5-7,9-12,15,23H,3-4,8,13-14,16-17H2,1-2H3;2*1H. The molecular formula is C21H31Cl2FN2O. The topological polar surface area (TPSA) is 24.5 Å². The lowest BCUT2D eigenvalue weighted by Gasteiger charge is -2.17. The van der Waals surface area contributed by atoms with Crippen molar-refractivity contribution in [1.29, 1.82) is 0 Å². The van der Waals surface area contributed by atoms with E-state index < -0.39 is 0 Å². The molecule has 0 bridgehead atoms. The molecule has 0 saturated heterocycles. The number of ether oxygens (including phenoxy) is 1. The summed E-state index contributed by atoms with van der Waals surface area (Å²) in [4.78, 5) is 2.43. The predicted octanol–water partition coefficient (Wildman–Crippen LogP) is 5.07. The van der Waals surface area contributed by atoms with Crippen molar-refractivity contribution < 1.29 is 9.13 Å². The van der Waals surface area contributed by atoms with Crippen LogP contribution in [0, 0.1) is 5.82 Å². The molecule has 0 unspecified atom stereocenters. The van der Waals surface area contributed by atoms with E-state index in [1.807, 2.05) is 24.3 Å². The molecule has 0 aliphatic rings. The molecule has 0 amide bonds. The molecule has 0 spiro atoms. The summed E-state index contributed by atoms with van der Waals surface area (Å²) in [5.74, 6) is 0.541. The number of hydrogen-bond acceptors (Lipinski definition) is 3. The van der Waals surface area contributed by atoms with Crippen LogP contribution >= 0.6 is 24.8 Å². The van der Waals surface area contributed by atoms with Gasteiger partial charge in [-0.2, -0.15) is 0 Å². The molecule has 0 fully saturated rings. The van der Waals surface area contributed by atoms with E-state index in [2.05, 4.69) is 30.1 Å². The van der Waals surface area contributed by atoms with Crippen LogP contribution in [0.2, 0.25) is 0 Å². The number of nitrogens with zero attached hydrogens (tertiary/aromatic N) is 1. The largest absolute Gasteiger partial charge is 0.489 e. The molecule has 2 aromatic rings. The van der Waals surface area contributed by atoms with Crippen LogP contribution in [0.3, 0.4) is 0 Å². The summed E-state index contributed by atoms with van der Waals surface area (Å²) in [6, 6.07) is 14.7. The second-order valence-corrected chi connectivity index (χ2v) is 6.08. The van der Waals surface area contributed by atoms with E-state index in [4.69, 9.17) is 4.74 Å². The minimum Gasteiger partial charge on any atom is -0.489 e. The minimum absolute atomic E-state index is 0. The molecule has 6 heteroatoms. The molecule has 0 aliphatic heterocycles. The van der Waals surface area contributed by atoms with Crippen molar-refractivity contribution in [3.63, 3.8) is 0 Å². The van der Waals surface area contributed by atoms with E-state index in [1.165, 1.54) is 11.6 Å². The van der Waals surface area contributed by atoms with Crippen molar-refractivity contribution in [2.24, 2.45) is 0 Å². The van der Waals surface area contributed by atoms with Crippen LogP contribution in [0.4, 0.5) is 4.39 Å². The van der Waals surface area contributed by atoms with Crippen LogP contribution < -0.4 is 10.1 Å². The Morgan fingerprint density at radius 3 is 2.44 bits per heavy atom. The third-order valence-electron chi connectivity index (χ3n) is 4.30. The molecule has 0 aromatic heterocycles. The van der Waals surface area contributed by atoms with Crippen molar-refractivity contribution in [2.75, 3.05) is 26.2 Å². The first-order chi connectivity index (χ1) is 12.2. The first-order valence-corrected chi connectivity index (χ1v) is 9.11. The second-order valence-electron chi connectivity index (χ2n) is 6.08. The van der Waals surface area contributed by atoms with E-state index in [-0.39, 0.29) is 37.2 Å². The second kappa shape index (κ2) is 14.7. The van der Waals surface area contributed by atoms with E-state index in [0.29, 0.717) is 5.56 Å². The maximum Gasteiger partial charge on any atom is 0.129 e. The van der Waals surface area contributed by atoms with Gasteiger partial charge in [0, 0.05) is 12.1 Å². The third kappa shape index (κ3) is 9.43. The zero-order valence-electron chi connectivity index (χ0n) is 16.1. The van der Waals surface area contributed by atoms with Crippen LogP contribution in [0.1, 0.15) is 31.4 Å². The zero-order valence-corrected chi connectivity index (χ0v) is 17.8. The lowest BCUT2D eigenvalue weighted by atomic mass is 10.2. The number of rotatable bonds is 11. The molecule has 2 rings (SSSR count). The summed E-state index contributed by atoms with van der Waals surface area (Å²) in [6.45, 7) is 9.80. The summed E-state index contributed by atoms with van der Waals surface area (Å²) in [5, 5.41) is 3.47. The van der Waals surface area contributed by atoms with Gasteiger partial charge < -0.3 is 15.0 Å². The molecule has 27 heavy (non-hydrogen) atoms. The fourth-order valence-electron chi connectivity index (χ4n) is 2.72. The SMILES string of the molecule is CCN(CC)CCCNCc1cccc(OCc2ccccc2F)c1.Cl.Cl. The highest BCUT2D eigenvalue weighted by atomic mass is 35.5. The van der Waals surface area contributed by atoms with Crippen molar-refractivity contribution >= 4 is 24.8 Å². The Balaban J connectivity index is 0.00000338. The van der Waals surface area contributed by atoms with Gasteiger partial charge in [0.25, 0.3) is 0 Å². The fraction of sp³-hybridized carbons (Fsp3) is 0.429. The first kappa shape index (κ1) is 25.7. The Morgan fingerprint density at radius 2 is 1.74 bits per heavy atom. The van der Waals surface area contributed by atoms with E-state index >= 15 is 0 Å². The normalized spacial score (nSPS) is 10.2. The first-order valence-electron chi connectivity index (χ1n) is 9.11. The summed E-state index contributed by atoms with van der Waals surface area (Å²) in [7, 11) is 0. The molecule has 0 aliphatic carbocycles. The number of halogens is 3. The molecule has 3 nitrogen and oxygen atoms in total. The van der Waals surface area contributed by atoms with Gasteiger partial charge in [0.05, 0.1) is 0 Å². The molecule has 0 saturated carbocycles. The van der Waals surface area contributed by atoms with E-state index in [0.717, 1.165) is 44.9 Å². The third-order valence-corrected chi connectivity index (χ3v) is 4.30. The van der Waals surface area contributed by atoms with Crippen LogP contribution in [-0.4, -0.2) is 31.1 Å². The molecule has 1 N–H and O–H groups in total. The molecule has 0 atom stereocenters. The van der Waals surface area contributed by atoms with Crippen LogP contribution in [-0.2, 0) is 13.2 Å². The Bertz CT molecular complexity index is 639. The quantitative estimate of drug-likeness (QED) is 0.517. The molecule has 0 radical (unpaired) electrons. The Labute approximate surface area is 175 Å². The molecule has 152 valence electrons. The van der Waals surface area contributed by atoms with Gasteiger partial charge in [-0.05, 0) is 56.4 Å². The lowest BCUT2D eigenvalue weighted by Crippen LogP contribution is -2.27. The van der Waals surface area contributed by atoms with Crippen LogP contribution in [0.5, 0.6) is 5.75 Å². The average molecular weight is 417 g/mol. The lowest BCUT2D eigenvalue weighted by molar-refractivity contribution is 0.297. The predicted molar refractivity (Wildman–Crippen MR) is 116 cm³/mol. The highest BCUT2D eigenvalue weighted by Gasteiger charge is 2.03. The monoisotopic (exact) mass is 416 g/mol. The van der Waals surface area contributed by atoms with Gasteiger partial charge in [-0.15, -0.1) is 24.8 Å². The minimum atomic E-state index is -0.228. The van der Waals surface area contributed by atoms with Gasteiger partial charge >= 0.3 is 0 Å². The zero-order chi connectivity index (χ0) is 17.9. The highest BCUT2D eigenvalue weighted by Crippen LogP contribution is 2.16. The van der Waals surface area contributed by atoms with Crippen molar-refractivity contribution in [2.45, 2.75) is 33.4 Å². The Hall–Kier alpha value is -1.33. The fourth-order valence-corrected chi connectivity index (χ4v) is 2.72. The van der Waals surface area contributed by atoms with E-state index in [1.54, 1.807) is 12.1 Å². The van der Waals surface area contributed by atoms with Crippen molar-refractivity contribution in [3.05, 3.63) is 65.5 Å². The number of nitrogens with one attached hydrogen (secondary N) is 1. The smallest absolute Gasteiger partial charge is 0.129 e. The van der Waals surface area contributed by atoms with Gasteiger partial charge in [-0.25, -0.2) is 4.39 Å². The number of benzene rings is 2. The summed E-state index contributed by atoms with van der Waals surface area (Å²) in [6.07, 6.45) is 1.14.